The second-order valence-electron chi connectivity index (χ2n) is 4.75. The molecule has 19 heavy (non-hydrogen) atoms. The summed E-state index contributed by atoms with van der Waals surface area (Å²) in [4.78, 5) is 0.258. The minimum Gasteiger partial charge on any atom is -0.389 e. The van der Waals surface area contributed by atoms with E-state index < -0.39 is 16.1 Å². The lowest BCUT2D eigenvalue weighted by molar-refractivity contribution is 0.115. The van der Waals surface area contributed by atoms with E-state index in [-0.39, 0.29) is 11.0 Å². The normalized spacial score (nSPS) is 22.6. The van der Waals surface area contributed by atoms with Crippen molar-refractivity contribution in [3.8, 4) is 0 Å². The lowest BCUT2D eigenvalue weighted by Gasteiger charge is -2.16. The number of hydrogen-bond donors (Lipinski definition) is 1. The van der Waals surface area contributed by atoms with E-state index in [0.29, 0.717) is 18.7 Å². The smallest absolute Gasteiger partial charge is 0.243 e. The van der Waals surface area contributed by atoms with Gasteiger partial charge in [0.15, 0.2) is 0 Å². The van der Waals surface area contributed by atoms with Crippen molar-refractivity contribution in [3.63, 3.8) is 0 Å². The molecule has 1 aromatic rings. The fraction of sp³-hybridized carbons (Fsp3) is 0.538. The van der Waals surface area contributed by atoms with Crippen molar-refractivity contribution in [2.45, 2.75) is 30.4 Å². The maximum atomic E-state index is 12.4. The highest BCUT2D eigenvalue weighted by Gasteiger charge is 2.32. The van der Waals surface area contributed by atoms with Crippen LogP contribution in [0.15, 0.2) is 29.2 Å². The molecule has 1 fully saturated rings. The van der Waals surface area contributed by atoms with E-state index in [4.69, 9.17) is 4.74 Å². The zero-order valence-electron chi connectivity index (χ0n) is 11.1. The lowest BCUT2D eigenvalue weighted by atomic mass is 10.1. The summed E-state index contributed by atoms with van der Waals surface area (Å²) in [6, 6.07) is 6.36. The number of sulfonamides is 1. The number of benzene rings is 1. The third-order valence-corrected chi connectivity index (χ3v) is 5.32. The molecular formula is C13H19NO4S. The third kappa shape index (κ3) is 2.97. The molecule has 1 saturated heterocycles. The summed E-state index contributed by atoms with van der Waals surface area (Å²) in [6.45, 7) is 2.53. The van der Waals surface area contributed by atoms with Crippen molar-refractivity contribution in [2.24, 2.45) is 0 Å². The van der Waals surface area contributed by atoms with Crippen LogP contribution in [-0.2, 0) is 14.8 Å². The molecule has 106 valence electrons. The van der Waals surface area contributed by atoms with Gasteiger partial charge in [-0.1, -0.05) is 12.1 Å². The maximum absolute atomic E-state index is 12.4. The zero-order chi connectivity index (χ0) is 14.0. The van der Waals surface area contributed by atoms with E-state index in [1.807, 2.05) is 0 Å². The van der Waals surface area contributed by atoms with Crippen LogP contribution in [0.4, 0.5) is 0 Å². The summed E-state index contributed by atoms with van der Waals surface area (Å²) < 4.78 is 31.4. The van der Waals surface area contributed by atoms with E-state index in [1.165, 1.54) is 16.4 Å². The molecule has 1 N–H and O–H groups in total. The molecule has 0 amide bonds. The molecule has 0 spiro atoms. The van der Waals surface area contributed by atoms with E-state index in [0.717, 1.165) is 6.42 Å². The van der Waals surface area contributed by atoms with Crippen LogP contribution < -0.4 is 0 Å². The number of ether oxygens (including phenoxy) is 1. The van der Waals surface area contributed by atoms with Crippen molar-refractivity contribution in [1.29, 1.82) is 0 Å². The van der Waals surface area contributed by atoms with E-state index in [1.54, 1.807) is 26.2 Å². The Kier molecular flexibility index (Phi) is 4.25. The van der Waals surface area contributed by atoms with Crippen LogP contribution in [0.3, 0.4) is 0 Å². The first kappa shape index (κ1) is 14.5. The van der Waals surface area contributed by atoms with Crippen molar-refractivity contribution < 1.29 is 18.3 Å². The number of hydrogen-bond acceptors (Lipinski definition) is 4. The van der Waals surface area contributed by atoms with Crippen LogP contribution in [0.2, 0.25) is 0 Å². The van der Waals surface area contributed by atoms with E-state index in [9.17, 15) is 13.5 Å². The van der Waals surface area contributed by atoms with Crippen molar-refractivity contribution in [1.82, 2.24) is 4.31 Å². The highest BCUT2D eigenvalue weighted by atomic mass is 32.2. The average molecular weight is 285 g/mol. The molecule has 1 aromatic carbocycles. The number of rotatable bonds is 4. The largest absolute Gasteiger partial charge is 0.389 e. The summed E-state index contributed by atoms with van der Waals surface area (Å²) >= 11 is 0. The Balaban J connectivity index is 2.20. The van der Waals surface area contributed by atoms with Crippen LogP contribution in [0, 0.1) is 0 Å². The Hall–Kier alpha value is -0.950. The highest BCUT2D eigenvalue weighted by Crippen LogP contribution is 2.23. The monoisotopic (exact) mass is 285 g/mol. The standard InChI is InChI=1S/C13H19NO4S/c1-10(15)11-3-5-13(6-4-11)19(16,17)14-8-7-12(9-14)18-2/h3-6,10,12,15H,7-9H2,1-2H3. The summed E-state index contributed by atoms with van der Waals surface area (Å²) in [7, 11) is -1.86. The van der Waals surface area contributed by atoms with E-state index in [2.05, 4.69) is 0 Å². The molecule has 1 heterocycles. The van der Waals surface area contributed by atoms with Crippen LogP contribution in [0.5, 0.6) is 0 Å². The predicted molar refractivity (Wildman–Crippen MR) is 71.2 cm³/mol. The summed E-state index contributed by atoms with van der Waals surface area (Å²) in [6.07, 6.45) is 0.106. The van der Waals surface area contributed by atoms with Gasteiger partial charge < -0.3 is 9.84 Å². The van der Waals surface area contributed by atoms with Crippen LogP contribution in [-0.4, -0.2) is 44.1 Å². The van der Waals surface area contributed by atoms with Crippen LogP contribution in [0.1, 0.15) is 25.0 Å². The van der Waals surface area contributed by atoms with Gasteiger partial charge in [-0.2, -0.15) is 4.31 Å². The molecule has 0 radical (unpaired) electrons. The van der Waals surface area contributed by atoms with Gasteiger partial charge in [0.05, 0.1) is 17.1 Å². The second kappa shape index (κ2) is 5.58. The van der Waals surface area contributed by atoms with Gasteiger partial charge >= 0.3 is 0 Å². The first-order valence-corrected chi connectivity index (χ1v) is 7.70. The molecule has 6 heteroatoms. The van der Waals surface area contributed by atoms with Crippen molar-refractivity contribution in [3.05, 3.63) is 29.8 Å². The first-order chi connectivity index (χ1) is 8.95. The molecule has 0 aromatic heterocycles. The molecule has 5 nitrogen and oxygen atoms in total. The van der Waals surface area contributed by atoms with Gasteiger partial charge in [0, 0.05) is 20.2 Å². The van der Waals surface area contributed by atoms with Gasteiger partial charge in [-0.3, -0.25) is 0 Å². The third-order valence-electron chi connectivity index (χ3n) is 3.44. The Morgan fingerprint density at radius 1 is 1.37 bits per heavy atom. The molecule has 0 bridgehead atoms. The van der Waals surface area contributed by atoms with Crippen molar-refractivity contribution in [2.75, 3.05) is 20.2 Å². The van der Waals surface area contributed by atoms with Gasteiger partial charge in [-0.05, 0) is 31.0 Å². The van der Waals surface area contributed by atoms with Gasteiger partial charge in [0.25, 0.3) is 0 Å². The number of aliphatic hydroxyl groups is 1. The molecule has 2 rings (SSSR count). The van der Waals surface area contributed by atoms with Crippen molar-refractivity contribution >= 4 is 10.0 Å². The number of aliphatic hydroxyl groups excluding tert-OH is 1. The highest BCUT2D eigenvalue weighted by molar-refractivity contribution is 7.89. The average Bonchev–Trinajstić information content (AvgIpc) is 2.88. The quantitative estimate of drug-likeness (QED) is 0.901. The fourth-order valence-electron chi connectivity index (χ4n) is 2.18. The number of methoxy groups -OCH3 is 1. The Bertz CT molecular complexity index is 524. The molecule has 1 aliphatic rings. The molecular weight excluding hydrogens is 266 g/mol. The maximum Gasteiger partial charge on any atom is 0.243 e. The summed E-state index contributed by atoms with van der Waals surface area (Å²) in [5.41, 5.74) is 0.704. The van der Waals surface area contributed by atoms with Gasteiger partial charge in [0.2, 0.25) is 10.0 Å². The predicted octanol–water partition coefficient (Wildman–Crippen LogP) is 1.15. The first-order valence-electron chi connectivity index (χ1n) is 6.26. The minimum absolute atomic E-state index is 0.0217. The summed E-state index contributed by atoms with van der Waals surface area (Å²) in [5.74, 6) is 0. The molecule has 2 atom stereocenters. The Labute approximate surface area is 113 Å². The Morgan fingerprint density at radius 3 is 2.47 bits per heavy atom. The second-order valence-corrected chi connectivity index (χ2v) is 6.69. The molecule has 1 aliphatic heterocycles. The van der Waals surface area contributed by atoms with Gasteiger partial charge in [-0.15, -0.1) is 0 Å². The lowest BCUT2D eigenvalue weighted by Crippen LogP contribution is -2.30. The minimum atomic E-state index is -3.45. The topological polar surface area (TPSA) is 66.8 Å². The zero-order valence-corrected chi connectivity index (χ0v) is 11.9. The molecule has 2 unspecified atom stereocenters. The van der Waals surface area contributed by atoms with Gasteiger partial charge in [-0.25, -0.2) is 8.42 Å². The van der Waals surface area contributed by atoms with Gasteiger partial charge in [0.1, 0.15) is 0 Å². The molecule has 0 saturated carbocycles. The molecule has 0 aliphatic carbocycles. The van der Waals surface area contributed by atoms with E-state index >= 15 is 0 Å². The summed E-state index contributed by atoms with van der Waals surface area (Å²) in [5, 5.41) is 9.42. The Morgan fingerprint density at radius 2 is 2.00 bits per heavy atom. The van der Waals surface area contributed by atoms with Crippen LogP contribution in [0.25, 0.3) is 0 Å². The SMILES string of the molecule is COC1CCN(S(=O)(=O)c2ccc(C(C)O)cc2)C1. The number of nitrogens with zero attached hydrogens (tertiary/aromatic N) is 1. The van der Waals surface area contributed by atoms with Crippen LogP contribution >= 0.6 is 0 Å². The fourth-order valence-corrected chi connectivity index (χ4v) is 3.66.